The van der Waals surface area contributed by atoms with Crippen molar-refractivity contribution in [1.82, 2.24) is 19.9 Å². The molecule has 0 unspecified atom stereocenters. The molecule has 0 atom stereocenters. The largest absolute Gasteiger partial charge is 0.417 e. The van der Waals surface area contributed by atoms with Gasteiger partial charge in [-0.05, 0) is 49.7 Å². The third kappa shape index (κ3) is 3.80. The predicted molar refractivity (Wildman–Crippen MR) is 110 cm³/mol. The Balaban J connectivity index is 1.64. The van der Waals surface area contributed by atoms with Crippen molar-refractivity contribution in [3.05, 3.63) is 71.5 Å². The second kappa shape index (κ2) is 7.74. The van der Waals surface area contributed by atoms with E-state index in [2.05, 4.69) is 10.3 Å². The molecule has 2 heterocycles. The number of rotatable bonds is 4. The SMILES string of the molecule is CC1(C)C(=O)N(c2ccc(C#N)c(C(F)(F)F)c2)C(=O)N1Cc1ccc(-n2ccnn2)cc1. The molecule has 2 aromatic carbocycles. The van der Waals surface area contributed by atoms with Crippen LogP contribution in [-0.2, 0) is 17.5 Å². The zero-order valence-corrected chi connectivity index (χ0v) is 17.5. The molecule has 1 aliphatic rings. The first-order valence-electron chi connectivity index (χ1n) is 9.77. The average molecular weight is 454 g/mol. The zero-order chi connectivity index (χ0) is 24.0. The Morgan fingerprint density at radius 1 is 1.06 bits per heavy atom. The number of anilines is 1. The molecule has 4 rings (SSSR count). The van der Waals surface area contributed by atoms with Crippen molar-refractivity contribution in [2.45, 2.75) is 32.1 Å². The van der Waals surface area contributed by atoms with Crippen LogP contribution in [0.25, 0.3) is 5.69 Å². The lowest BCUT2D eigenvalue weighted by Gasteiger charge is -2.27. The highest BCUT2D eigenvalue weighted by atomic mass is 19.4. The van der Waals surface area contributed by atoms with E-state index in [-0.39, 0.29) is 12.2 Å². The summed E-state index contributed by atoms with van der Waals surface area (Å²) in [6.45, 7) is 3.13. The summed E-state index contributed by atoms with van der Waals surface area (Å²) in [5, 5.41) is 16.6. The summed E-state index contributed by atoms with van der Waals surface area (Å²) in [5.41, 5.74) is -1.87. The van der Waals surface area contributed by atoms with Gasteiger partial charge < -0.3 is 4.90 Å². The highest BCUT2D eigenvalue weighted by Gasteiger charge is 2.52. The molecule has 1 saturated heterocycles. The van der Waals surface area contributed by atoms with Gasteiger partial charge in [-0.3, -0.25) is 4.79 Å². The van der Waals surface area contributed by atoms with Gasteiger partial charge in [-0.1, -0.05) is 17.3 Å². The third-order valence-corrected chi connectivity index (χ3v) is 5.47. The van der Waals surface area contributed by atoms with Crippen LogP contribution in [0.5, 0.6) is 0 Å². The molecule has 0 N–H and O–H groups in total. The number of aromatic nitrogens is 3. The summed E-state index contributed by atoms with van der Waals surface area (Å²) in [6.07, 6.45) is -1.60. The van der Waals surface area contributed by atoms with Crippen molar-refractivity contribution in [3.8, 4) is 11.8 Å². The van der Waals surface area contributed by atoms with Gasteiger partial charge in [0.2, 0.25) is 0 Å². The van der Waals surface area contributed by atoms with Gasteiger partial charge in [0, 0.05) is 6.54 Å². The first-order valence-corrected chi connectivity index (χ1v) is 9.77. The summed E-state index contributed by atoms with van der Waals surface area (Å²) < 4.78 is 41.7. The van der Waals surface area contributed by atoms with Crippen molar-refractivity contribution >= 4 is 17.6 Å². The number of urea groups is 1. The van der Waals surface area contributed by atoms with Crippen LogP contribution in [0.15, 0.2) is 54.9 Å². The van der Waals surface area contributed by atoms with Crippen molar-refractivity contribution < 1.29 is 22.8 Å². The number of carbonyl (C=O) groups excluding carboxylic acids is 2. The lowest BCUT2D eigenvalue weighted by atomic mass is 10.0. The summed E-state index contributed by atoms with van der Waals surface area (Å²) in [4.78, 5) is 28.2. The Hall–Kier alpha value is -4.20. The monoisotopic (exact) mass is 454 g/mol. The number of halogens is 3. The molecular weight excluding hydrogens is 437 g/mol. The molecule has 0 radical (unpaired) electrons. The molecule has 0 bridgehead atoms. The topological polar surface area (TPSA) is 95.1 Å². The number of nitrogens with zero attached hydrogens (tertiary/aromatic N) is 6. The van der Waals surface area contributed by atoms with E-state index in [1.807, 2.05) is 0 Å². The predicted octanol–water partition coefficient (Wildman–Crippen LogP) is 3.91. The molecule has 8 nitrogen and oxygen atoms in total. The Bertz CT molecular complexity index is 1260. The van der Waals surface area contributed by atoms with E-state index < -0.39 is 34.8 Å². The van der Waals surface area contributed by atoms with Crippen LogP contribution in [0.4, 0.5) is 23.7 Å². The van der Waals surface area contributed by atoms with Crippen LogP contribution in [0.3, 0.4) is 0 Å². The Morgan fingerprint density at radius 2 is 1.73 bits per heavy atom. The number of amides is 3. The highest BCUT2D eigenvalue weighted by Crippen LogP contribution is 2.38. The van der Waals surface area contributed by atoms with Crippen molar-refractivity contribution in [3.63, 3.8) is 0 Å². The molecule has 1 aromatic heterocycles. The van der Waals surface area contributed by atoms with Crippen molar-refractivity contribution in [2.24, 2.45) is 0 Å². The molecule has 0 aliphatic carbocycles. The van der Waals surface area contributed by atoms with Crippen LogP contribution < -0.4 is 4.90 Å². The molecule has 0 saturated carbocycles. The molecule has 1 fully saturated rings. The van der Waals surface area contributed by atoms with Gasteiger partial charge in [-0.2, -0.15) is 18.4 Å². The van der Waals surface area contributed by atoms with Crippen LogP contribution in [0, 0.1) is 11.3 Å². The number of hydrogen-bond donors (Lipinski definition) is 0. The van der Waals surface area contributed by atoms with E-state index in [0.717, 1.165) is 22.7 Å². The van der Waals surface area contributed by atoms with Gasteiger partial charge in [0.15, 0.2) is 0 Å². The fourth-order valence-corrected chi connectivity index (χ4v) is 3.61. The molecule has 3 aromatic rings. The summed E-state index contributed by atoms with van der Waals surface area (Å²) in [7, 11) is 0. The summed E-state index contributed by atoms with van der Waals surface area (Å²) in [5.74, 6) is -0.662. The summed E-state index contributed by atoms with van der Waals surface area (Å²) >= 11 is 0. The van der Waals surface area contributed by atoms with E-state index in [0.29, 0.717) is 11.6 Å². The fraction of sp³-hybridized carbons (Fsp3) is 0.227. The Kier molecular flexibility index (Phi) is 5.16. The number of imide groups is 1. The molecule has 168 valence electrons. The van der Waals surface area contributed by atoms with Gasteiger partial charge in [-0.25, -0.2) is 14.4 Å². The quantitative estimate of drug-likeness (QED) is 0.557. The molecule has 11 heteroatoms. The Morgan fingerprint density at radius 3 is 2.30 bits per heavy atom. The van der Waals surface area contributed by atoms with Gasteiger partial charge in [0.25, 0.3) is 5.91 Å². The normalized spacial score (nSPS) is 15.8. The molecule has 0 spiro atoms. The second-order valence-corrected chi connectivity index (χ2v) is 7.92. The smallest absolute Gasteiger partial charge is 0.305 e. The standard InChI is InChI=1S/C22H17F3N6O2/c1-21(2)19(32)31(17-8-5-15(12-26)18(11-17)22(23,24)25)20(33)29(21)13-14-3-6-16(7-4-14)30-10-9-27-28-30/h3-11H,13H2,1-2H3. The first kappa shape index (κ1) is 22.0. The van der Waals surface area contributed by atoms with Crippen LogP contribution >= 0.6 is 0 Å². The number of benzene rings is 2. The minimum absolute atomic E-state index is 0.0636. The van der Waals surface area contributed by atoms with E-state index >= 15 is 0 Å². The first-order chi connectivity index (χ1) is 15.5. The average Bonchev–Trinajstić information content (AvgIpc) is 3.36. The minimum Gasteiger partial charge on any atom is -0.305 e. The van der Waals surface area contributed by atoms with Gasteiger partial charge in [0.1, 0.15) is 5.54 Å². The van der Waals surface area contributed by atoms with Gasteiger partial charge in [0.05, 0.1) is 41.0 Å². The lowest BCUT2D eigenvalue weighted by Crippen LogP contribution is -2.43. The van der Waals surface area contributed by atoms with E-state index in [1.165, 1.54) is 31.0 Å². The van der Waals surface area contributed by atoms with Crippen molar-refractivity contribution in [1.29, 1.82) is 5.26 Å². The number of alkyl halides is 3. The van der Waals surface area contributed by atoms with Crippen molar-refractivity contribution in [2.75, 3.05) is 4.90 Å². The minimum atomic E-state index is -4.81. The second-order valence-electron chi connectivity index (χ2n) is 7.92. The maximum absolute atomic E-state index is 13.4. The third-order valence-electron chi connectivity index (χ3n) is 5.47. The molecular formula is C22H17F3N6O2. The maximum atomic E-state index is 13.4. The molecule has 33 heavy (non-hydrogen) atoms. The van der Waals surface area contributed by atoms with Crippen LogP contribution in [0.2, 0.25) is 0 Å². The number of nitriles is 1. The Labute approximate surface area is 186 Å². The fourth-order valence-electron chi connectivity index (χ4n) is 3.61. The molecule has 1 aliphatic heterocycles. The van der Waals surface area contributed by atoms with E-state index in [4.69, 9.17) is 5.26 Å². The number of hydrogen-bond acceptors (Lipinski definition) is 5. The highest BCUT2D eigenvalue weighted by molar-refractivity contribution is 6.23. The zero-order valence-electron chi connectivity index (χ0n) is 17.5. The van der Waals surface area contributed by atoms with Crippen LogP contribution in [-0.4, -0.2) is 37.4 Å². The van der Waals surface area contributed by atoms with E-state index in [9.17, 15) is 22.8 Å². The number of carbonyl (C=O) groups is 2. The van der Waals surface area contributed by atoms with Gasteiger partial charge >= 0.3 is 12.2 Å². The molecule has 3 amide bonds. The van der Waals surface area contributed by atoms with Crippen LogP contribution in [0.1, 0.15) is 30.5 Å². The lowest BCUT2D eigenvalue weighted by molar-refractivity contribution is -0.137. The van der Waals surface area contributed by atoms with Gasteiger partial charge in [-0.15, -0.1) is 5.10 Å². The van der Waals surface area contributed by atoms with E-state index in [1.54, 1.807) is 35.1 Å². The maximum Gasteiger partial charge on any atom is 0.417 e. The summed E-state index contributed by atoms with van der Waals surface area (Å²) in [6, 6.07) is 10.6.